The molecule has 0 aliphatic carbocycles. The van der Waals surface area contributed by atoms with Crippen LogP contribution in [0.5, 0.6) is 0 Å². The molecule has 3 rings (SSSR count). The van der Waals surface area contributed by atoms with Crippen LogP contribution in [-0.4, -0.2) is 27.4 Å². The number of benzene rings is 2. The molecule has 2 aromatic rings. The summed E-state index contributed by atoms with van der Waals surface area (Å²) in [5.74, 6) is -0.170. The van der Waals surface area contributed by atoms with Gasteiger partial charge in [0.05, 0.1) is 0 Å². The quantitative estimate of drug-likeness (QED) is 0.540. The predicted octanol–water partition coefficient (Wildman–Crippen LogP) is 4.63. The number of rotatable bonds is 6. The second kappa shape index (κ2) is 7.33. The molecule has 0 saturated carbocycles. The molecule has 4 nitrogen and oxygen atoms in total. The fourth-order valence-electron chi connectivity index (χ4n) is 3.17. The van der Waals surface area contributed by atoms with Gasteiger partial charge in [0.2, 0.25) is 0 Å². The van der Waals surface area contributed by atoms with Crippen molar-refractivity contribution in [2.45, 2.75) is 25.2 Å². The van der Waals surface area contributed by atoms with Crippen molar-refractivity contribution in [3.63, 3.8) is 0 Å². The fourth-order valence-corrected chi connectivity index (χ4v) is 4.34. The van der Waals surface area contributed by atoms with E-state index >= 15 is 0 Å². The normalized spacial score (nSPS) is 19.3. The zero-order chi connectivity index (χ0) is 18.9. The predicted molar refractivity (Wildman–Crippen MR) is 110 cm³/mol. The molecule has 1 aliphatic rings. The summed E-state index contributed by atoms with van der Waals surface area (Å²) in [5.41, 5.74) is 1.11. The molecular formula is C19H22Cl2N2O2Si. The second-order valence-corrected chi connectivity index (χ2v) is 12.6. The topological polar surface area (TPSA) is 50.4 Å². The van der Waals surface area contributed by atoms with Crippen molar-refractivity contribution >= 4 is 43.1 Å². The summed E-state index contributed by atoms with van der Waals surface area (Å²) < 4.78 is 5.93. The number of hydrogen-bond acceptors (Lipinski definition) is 3. The van der Waals surface area contributed by atoms with Crippen molar-refractivity contribution in [3.8, 4) is 0 Å². The van der Waals surface area contributed by atoms with E-state index in [1.54, 1.807) is 12.1 Å². The number of amides is 1. The number of nitrogens with one attached hydrogen (secondary N) is 2. The lowest BCUT2D eigenvalue weighted by Crippen LogP contribution is -2.50. The highest BCUT2D eigenvalue weighted by Crippen LogP contribution is 2.44. The molecule has 2 aromatic carbocycles. The SMILES string of the molecule is C[Si](C)(C)OCCNC1(c2ccccc2Cl)C(=O)Nc2ccc(Cl)cc21. The Morgan fingerprint density at radius 3 is 2.54 bits per heavy atom. The van der Waals surface area contributed by atoms with Gasteiger partial charge in [0.15, 0.2) is 13.9 Å². The standard InChI is InChI=1S/C19H22Cl2N2O2Si/c1-26(2,3)25-11-10-22-19(14-6-4-5-7-16(14)21)15-12-13(20)8-9-17(15)23-18(19)24/h4-9,12,22H,10-11H2,1-3H3,(H,23,24). The van der Waals surface area contributed by atoms with Crippen LogP contribution >= 0.6 is 23.2 Å². The van der Waals surface area contributed by atoms with Crippen LogP contribution in [0.1, 0.15) is 11.1 Å². The van der Waals surface area contributed by atoms with Crippen LogP contribution < -0.4 is 10.6 Å². The molecule has 0 bridgehead atoms. The van der Waals surface area contributed by atoms with Gasteiger partial charge in [-0.15, -0.1) is 0 Å². The average molecular weight is 409 g/mol. The summed E-state index contributed by atoms with van der Waals surface area (Å²) in [7, 11) is -1.63. The Morgan fingerprint density at radius 1 is 1.12 bits per heavy atom. The fraction of sp³-hybridized carbons (Fsp3) is 0.316. The molecule has 2 N–H and O–H groups in total. The number of hydrogen-bond donors (Lipinski definition) is 2. The van der Waals surface area contributed by atoms with Crippen LogP contribution in [0.3, 0.4) is 0 Å². The molecule has 26 heavy (non-hydrogen) atoms. The summed E-state index contributed by atoms with van der Waals surface area (Å²) in [6.07, 6.45) is 0. The lowest BCUT2D eigenvalue weighted by molar-refractivity contribution is -0.120. The minimum atomic E-state index is -1.63. The zero-order valence-electron chi connectivity index (χ0n) is 15.0. The van der Waals surface area contributed by atoms with E-state index in [0.717, 1.165) is 11.3 Å². The van der Waals surface area contributed by atoms with E-state index in [1.807, 2.05) is 30.3 Å². The number of carbonyl (C=O) groups excluding carboxylic acids is 1. The summed E-state index contributed by atoms with van der Waals surface area (Å²) in [6, 6.07) is 12.8. The number of halogens is 2. The van der Waals surface area contributed by atoms with Crippen molar-refractivity contribution in [3.05, 3.63) is 63.6 Å². The lowest BCUT2D eigenvalue weighted by atomic mass is 9.83. The first kappa shape index (κ1) is 19.4. The van der Waals surface area contributed by atoms with E-state index < -0.39 is 13.9 Å². The van der Waals surface area contributed by atoms with Crippen LogP contribution in [0.25, 0.3) is 0 Å². The Kier molecular flexibility index (Phi) is 5.47. The van der Waals surface area contributed by atoms with Gasteiger partial charge in [-0.2, -0.15) is 0 Å². The Labute approximate surface area is 165 Å². The number of carbonyl (C=O) groups is 1. The van der Waals surface area contributed by atoms with E-state index in [9.17, 15) is 4.79 Å². The first-order valence-electron chi connectivity index (χ1n) is 8.49. The molecule has 0 spiro atoms. The van der Waals surface area contributed by atoms with Crippen molar-refractivity contribution < 1.29 is 9.22 Å². The molecule has 7 heteroatoms. The third kappa shape index (κ3) is 3.68. The van der Waals surface area contributed by atoms with E-state index in [2.05, 4.69) is 30.3 Å². The van der Waals surface area contributed by atoms with Gasteiger partial charge >= 0.3 is 0 Å². The Balaban J connectivity index is 2.03. The summed E-state index contributed by atoms with van der Waals surface area (Å²) in [5, 5.41) is 7.44. The van der Waals surface area contributed by atoms with Gasteiger partial charge in [-0.3, -0.25) is 10.1 Å². The van der Waals surface area contributed by atoms with Crippen LogP contribution in [0.4, 0.5) is 5.69 Å². The van der Waals surface area contributed by atoms with E-state index in [1.165, 1.54) is 0 Å². The van der Waals surface area contributed by atoms with Gasteiger partial charge in [0.1, 0.15) is 0 Å². The minimum Gasteiger partial charge on any atom is -0.416 e. The van der Waals surface area contributed by atoms with E-state index in [-0.39, 0.29) is 5.91 Å². The first-order chi connectivity index (χ1) is 12.2. The van der Waals surface area contributed by atoms with Crippen molar-refractivity contribution in [1.82, 2.24) is 5.32 Å². The van der Waals surface area contributed by atoms with Gasteiger partial charge in [0.25, 0.3) is 5.91 Å². The molecule has 1 unspecified atom stereocenters. The minimum absolute atomic E-state index is 0.170. The summed E-state index contributed by atoms with van der Waals surface area (Å²) in [6.45, 7) is 7.43. The van der Waals surface area contributed by atoms with Crippen molar-refractivity contribution in [2.24, 2.45) is 0 Å². The van der Waals surface area contributed by atoms with Gasteiger partial charge in [0, 0.05) is 40.0 Å². The third-order valence-corrected chi connectivity index (χ3v) is 5.91. The van der Waals surface area contributed by atoms with E-state index in [4.69, 9.17) is 27.6 Å². The lowest BCUT2D eigenvalue weighted by Gasteiger charge is -2.31. The molecule has 1 amide bonds. The summed E-state index contributed by atoms with van der Waals surface area (Å²) in [4.78, 5) is 13.1. The Bertz CT molecular complexity index is 839. The molecule has 1 heterocycles. The van der Waals surface area contributed by atoms with E-state index in [0.29, 0.717) is 28.8 Å². The third-order valence-electron chi connectivity index (χ3n) is 4.28. The smallest absolute Gasteiger partial charge is 0.254 e. The highest BCUT2D eigenvalue weighted by molar-refractivity contribution is 6.69. The average Bonchev–Trinajstić information content (AvgIpc) is 2.83. The maximum atomic E-state index is 13.1. The van der Waals surface area contributed by atoms with Crippen LogP contribution in [0.2, 0.25) is 29.7 Å². The molecular weight excluding hydrogens is 387 g/mol. The molecule has 0 saturated heterocycles. The van der Waals surface area contributed by atoms with Crippen LogP contribution in [0, 0.1) is 0 Å². The monoisotopic (exact) mass is 408 g/mol. The second-order valence-electron chi connectivity index (χ2n) is 7.26. The highest BCUT2D eigenvalue weighted by Gasteiger charge is 2.49. The van der Waals surface area contributed by atoms with Crippen LogP contribution in [-0.2, 0) is 14.8 Å². The van der Waals surface area contributed by atoms with Crippen molar-refractivity contribution in [2.75, 3.05) is 18.5 Å². The highest BCUT2D eigenvalue weighted by atomic mass is 35.5. The molecule has 1 atom stereocenters. The molecule has 138 valence electrons. The van der Waals surface area contributed by atoms with Gasteiger partial charge in [-0.25, -0.2) is 0 Å². The molecule has 0 aromatic heterocycles. The largest absolute Gasteiger partial charge is 0.416 e. The summed E-state index contributed by atoms with van der Waals surface area (Å²) >= 11 is 12.7. The maximum Gasteiger partial charge on any atom is 0.254 e. The molecule has 0 radical (unpaired) electrons. The zero-order valence-corrected chi connectivity index (χ0v) is 17.5. The Hall–Kier alpha value is -1.37. The van der Waals surface area contributed by atoms with Crippen LogP contribution in [0.15, 0.2) is 42.5 Å². The van der Waals surface area contributed by atoms with Gasteiger partial charge in [-0.05, 0) is 43.9 Å². The molecule has 1 aliphatic heterocycles. The molecule has 0 fully saturated rings. The maximum absolute atomic E-state index is 13.1. The van der Waals surface area contributed by atoms with Gasteiger partial charge < -0.3 is 9.74 Å². The number of anilines is 1. The number of fused-ring (bicyclic) bond motifs is 1. The Morgan fingerprint density at radius 2 is 1.85 bits per heavy atom. The van der Waals surface area contributed by atoms with Crippen molar-refractivity contribution in [1.29, 1.82) is 0 Å². The first-order valence-corrected chi connectivity index (χ1v) is 12.7. The van der Waals surface area contributed by atoms with Gasteiger partial charge in [-0.1, -0.05) is 41.4 Å².